The third-order valence-electron chi connectivity index (χ3n) is 4.17. The van der Waals surface area contributed by atoms with Crippen LogP contribution in [0.1, 0.15) is 35.8 Å². The van der Waals surface area contributed by atoms with Crippen LogP contribution < -0.4 is 10.6 Å². The van der Waals surface area contributed by atoms with Crippen LogP contribution >= 0.6 is 11.3 Å². The molecule has 0 fully saturated rings. The fourth-order valence-corrected chi connectivity index (χ4v) is 3.46. The van der Waals surface area contributed by atoms with Crippen molar-refractivity contribution in [1.29, 1.82) is 0 Å². The van der Waals surface area contributed by atoms with E-state index in [1.165, 1.54) is 23.8 Å². The first kappa shape index (κ1) is 20.1. The molecule has 0 saturated heterocycles. The van der Waals surface area contributed by atoms with Crippen molar-refractivity contribution in [2.75, 3.05) is 26.2 Å². The smallest absolute Gasteiger partial charge is 0.251 e. The Morgan fingerprint density at radius 2 is 1.96 bits per heavy atom. The molecule has 0 radical (unpaired) electrons. The van der Waals surface area contributed by atoms with Crippen molar-refractivity contribution in [3.05, 3.63) is 58.0 Å². The number of benzene rings is 1. The predicted molar refractivity (Wildman–Crippen MR) is 102 cm³/mol. The third kappa shape index (κ3) is 5.64. The summed E-state index contributed by atoms with van der Waals surface area (Å²) >= 11 is 1.63. The van der Waals surface area contributed by atoms with Gasteiger partial charge in [0.2, 0.25) is 5.91 Å². The second kappa shape index (κ2) is 10.0. The number of rotatable bonds is 9. The monoisotopic (exact) mass is 377 g/mol. The molecule has 2 aromatic rings. The van der Waals surface area contributed by atoms with Crippen molar-refractivity contribution in [3.8, 4) is 0 Å². The Kier molecular flexibility index (Phi) is 7.74. The molecule has 1 atom stereocenters. The Morgan fingerprint density at radius 3 is 2.58 bits per heavy atom. The number of halogens is 1. The number of nitrogens with one attached hydrogen (secondary N) is 2. The summed E-state index contributed by atoms with van der Waals surface area (Å²) in [7, 11) is 0. The largest absolute Gasteiger partial charge is 0.353 e. The van der Waals surface area contributed by atoms with Gasteiger partial charge in [0.15, 0.2) is 0 Å². The Hall–Kier alpha value is -2.25. The lowest BCUT2D eigenvalue weighted by Crippen LogP contribution is -2.42. The van der Waals surface area contributed by atoms with E-state index in [0.29, 0.717) is 6.54 Å². The highest BCUT2D eigenvalue weighted by atomic mass is 32.1. The van der Waals surface area contributed by atoms with Crippen LogP contribution in [-0.4, -0.2) is 42.9 Å². The van der Waals surface area contributed by atoms with Gasteiger partial charge in [-0.05, 0) is 53.7 Å². The minimum Gasteiger partial charge on any atom is -0.353 e. The molecule has 0 bridgehead atoms. The van der Waals surface area contributed by atoms with E-state index in [1.807, 2.05) is 5.38 Å². The van der Waals surface area contributed by atoms with E-state index in [0.717, 1.165) is 19.2 Å². The zero-order chi connectivity index (χ0) is 18.9. The van der Waals surface area contributed by atoms with Gasteiger partial charge >= 0.3 is 0 Å². The Labute approximate surface area is 157 Å². The molecule has 0 spiro atoms. The standard InChI is InChI=1S/C19H24FN3O2S/c1-3-23(4-2)17(15-8-9-26-13-15)11-21-18(24)12-22-19(25)14-6-5-7-16(20)10-14/h5-10,13,17H,3-4,11-12H2,1-2H3,(H,21,24)(H,22,25). The average Bonchev–Trinajstić information content (AvgIpc) is 3.17. The minimum absolute atomic E-state index is 0.0964. The van der Waals surface area contributed by atoms with Crippen molar-refractivity contribution >= 4 is 23.2 Å². The summed E-state index contributed by atoms with van der Waals surface area (Å²) in [6, 6.07) is 7.52. The lowest BCUT2D eigenvalue weighted by atomic mass is 10.1. The second-order valence-corrected chi connectivity index (χ2v) is 6.57. The maximum absolute atomic E-state index is 13.2. The van der Waals surface area contributed by atoms with E-state index in [-0.39, 0.29) is 24.1 Å². The quantitative estimate of drug-likeness (QED) is 0.706. The maximum atomic E-state index is 13.2. The van der Waals surface area contributed by atoms with Gasteiger partial charge in [-0.1, -0.05) is 19.9 Å². The first-order valence-corrected chi connectivity index (χ1v) is 9.56. The van der Waals surface area contributed by atoms with Crippen molar-refractivity contribution in [3.63, 3.8) is 0 Å². The summed E-state index contributed by atoms with van der Waals surface area (Å²) < 4.78 is 13.2. The first-order chi connectivity index (χ1) is 12.5. The highest BCUT2D eigenvalue weighted by Gasteiger charge is 2.19. The number of carbonyl (C=O) groups is 2. The fraction of sp³-hybridized carbons (Fsp3) is 0.368. The van der Waals surface area contributed by atoms with Gasteiger partial charge in [0, 0.05) is 12.1 Å². The maximum Gasteiger partial charge on any atom is 0.251 e. The van der Waals surface area contributed by atoms with Crippen LogP contribution in [0.4, 0.5) is 4.39 Å². The fourth-order valence-electron chi connectivity index (χ4n) is 2.75. The average molecular weight is 377 g/mol. The van der Waals surface area contributed by atoms with Crippen molar-refractivity contribution in [2.24, 2.45) is 0 Å². The van der Waals surface area contributed by atoms with Crippen molar-refractivity contribution < 1.29 is 14.0 Å². The summed E-state index contributed by atoms with van der Waals surface area (Å²) in [6.07, 6.45) is 0. The molecule has 7 heteroatoms. The molecule has 140 valence electrons. The van der Waals surface area contributed by atoms with E-state index < -0.39 is 11.7 Å². The summed E-state index contributed by atoms with van der Waals surface area (Å²) in [5, 5.41) is 9.49. The number of carbonyl (C=O) groups excluding carboxylic acids is 2. The van der Waals surface area contributed by atoms with Crippen LogP contribution in [-0.2, 0) is 4.79 Å². The summed E-state index contributed by atoms with van der Waals surface area (Å²) in [5.74, 6) is -1.24. The molecule has 2 N–H and O–H groups in total. The van der Waals surface area contributed by atoms with Gasteiger partial charge in [0.05, 0.1) is 12.6 Å². The third-order valence-corrected chi connectivity index (χ3v) is 4.87. The number of nitrogens with zero attached hydrogens (tertiary/aromatic N) is 1. The second-order valence-electron chi connectivity index (χ2n) is 5.79. The number of hydrogen-bond donors (Lipinski definition) is 2. The van der Waals surface area contributed by atoms with Gasteiger partial charge in [0.25, 0.3) is 5.91 Å². The van der Waals surface area contributed by atoms with Crippen LogP contribution in [0.3, 0.4) is 0 Å². The van der Waals surface area contributed by atoms with Crippen molar-refractivity contribution in [1.82, 2.24) is 15.5 Å². The van der Waals surface area contributed by atoms with Gasteiger partial charge in [-0.25, -0.2) is 4.39 Å². The SMILES string of the molecule is CCN(CC)C(CNC(=O)CNC(=O)c1cccc(F)c1)c1ccsc1. The molecule has 26 heavy (non-hydrogen) atoms. The lowest BCUT2D eigenvalue weighted by Gasteiger charge is -2.29. The number of likely N-dealkylation sites (N-methyl/N-ethyl adjacent to an activating group) is 1. The molecule has 2 rings (SSSR count). The summed E-state index contributed by atoms with van der Waals surface area (Å²) in [6.45, 7) is 6.25. The van der Waals surface area contributed by atoms with Crippen molar-refractivity contribution in [2.45, 2.75) is 19.9 Å². The molecule has 1 unspecified atom stereocenters. The zero-order valence-electron chi connectivity index (χ0n) is 15.0. The Morgan fingerprint density at radius 1 is 1.19 bits per heavy atom. The number of thiophene rings is 1. The van der Waals surface area contributed by atoms with Gasteiger partial charge in [-0.15, -0.1) is 0 Å². The molecular formula is C19H24FN3O2S. The topological polar surface area (TPSA) is 61.4 Å². The molecule has 0 aliphatic heterocycles. The van der Waals surface area contributed by atoms with Gasteiger partial charge < -0.3 is 10.6 Å². The van der Waals surface area contributed by atoms with Gasteiger partial charge in [0.1, 0.15) is 5.82 Å². The van der Waals surface area contributed by atoms with Crippen LogP contribution in [0, 0.1) is 5.82 Å². The van der Waals surface area contributed by atoms with Crippen LogP contribution in [0.5, 0.6) is 0 Å². The van der Waals surface area contributed by atoms with E-state index in [1.54, 1.807) is 11.3 Å². The van der Waals surface area contributed by atoms with Gasteiger partial charge in [-0.2, -0.15) is 11.3 Å². The Bertz CT molecular complexity index is 717. The molecule has 0 aliphatic rings. The van der Waals surface area contributed by atoms with E-state index in [2.05, 4.69) is 40.8 Å². The van der Waals surface area contributed by atoms with E-state index in [4.69, 9.17) is 0 Å². The molecule has 0 aliphatic carbocycles. The lowest BCUT2D eigenvalue weighted by molar-refractivity contribution is -0.120. The summed E-state index contributed by atoms with van der Waals surface area (Å²) in [5.41, 5.74) is 1.36. The van der Waals surface area contributed by atoms with Crippen LogP contribution in [0.25, 0.3) is 0 Å². The molecule has 1 heterocycles. The van der Waals surface area contributed by atoms with Gasteiger partial charge in [-0.3, -0.25) is 14.5 Å². The normalized spacial score (nSPS) is 12.0. The molecule has 1 aromatic heterocycles. The number of amides is 2. The number of hydrogen-bond acceptors (Lipinski definition) is 4. The van der Waals surface area contributed by atoms with E-state index >= 15 is 0 Å². The molecule has 1 aromatic carbocycles. The van der Waals surface area contributed by atoms with Crippen LogP contribution in [0.15, 0.2) is 41.1 Å². The zero-order valence-corrected chi connectivity index (χ0v) is 15.8. The predicted octanol–water partition coefficient (Wildman–Crippen LogP) is 2.82. The minimum atomic E-state index is -0.486. The molecular weight excluding hydrogens is 353 g/mol. The molecule has 5 nitrogen and oxygen atoms in total. The molecule has 0 saturated carbocycles. The van der Waals surface area contributed by atoms with Crippen LogP contribution in [0.2, 0.25) is 0 Å². The highest BCUT2D eigenvalue weighted by Crippen LogP contribution is 2.22. The van der Waals surface area contributed by atoms with E-state index in [9.17, 15) is 14.0 Å². The Balaban J connectivity index is 1.87. The highest BCUT2D eigenvalue weighted by molar-refractivity contribution is 7.07. The first-order valence-electron chi connectivity index (χ1n) is 8.61. The summed E-state index contributed by atoms with van der Waals surface area (Å²) in [4.78, 5) is 26.3. The molecule has 2 amide bonds.